The first-order valence-corrected chi connectivity index (χ1v) is 3.73. The topological polar surface area (TPSA) is 89.3 Å². The molecule has 0 aliphatic rings. The maximum atomic E-state index is 10.5. The van der Waals surface area contributed by atoms with Crippen molar-refractivity contribution in [1.29, 1.82) is 0 Å². The molecule has 0 aromatic carbocycles. The van der Waals surface area contributed by atoms with E-state index in [0.29, 0.717) is 0 Å². The van der Waals surface area contributed by atoms with Crippen LogP contribution >= 0.6 is 0 Å². The summed E-state index contributed by atoms with van der Waals surface area (Å²) in [5.41, 5.74) is 10.4. The Morgan fingerprint density at radius 1 is 1.64 bits per heavy atom. The molecule has 66 valence electrons. The minimum Gasteiger partial charge on any atom is -0.382 e. The monoisotopic (exact) mass is 160 g/mol. The number of hydrogen-bond acceptors (Lipinski definition) is 3. The molecule has 0 aliphatic heterocycles. The zero-order valence-corrected chi connectivity index (χ0v) is 6.95. The lowest BCUT2D eigenvalue weighted by Crippen LogP contribution is -2.47. The second kappa shape index (κ2) is 4.31. The molecule has 3 atom stereocenters. The highest BCUT2D eigenvalue weighted by Gasteiger charge is 2.24. The van der Waals surface area contributed by atoms with Crippen LogP contribution in [0.1, 0.15) is 20.3 Å². The normalized spacial score (nSPS) is 18.9. The van der Waals surface area contributed by atoms with Gasteiger partial charge in [0.1, 0.15) is 6.10 Å². The molecule has 4 nitrogen and oxygen atoms in total. The highest BCUT2D eigenvalue weighted by molar-refractivity contribution is 5.79. The second-order valence-corrected chi connectivity index (χ2v) is 2.81. The zero-order valence-electron chi connectivity index (χ0n) is 6.95. The molecule has 0 bridgehead atoms. The van der Waals surface area contributed by atoms with Gasteiger partial charge in [-0.2, -0.15) is 0 Å². The Balaban J connectivity index is 4.00. The minimum absolute atomic E-state index is 0.109. The molecular weight excluding hydrogens is 144 g/mol. The summed E-state index contributed by atoms with van der Waals surface area (Å²) in [7, 11) is 0. The third-order valence-electron chi connectivity index (χ3n) is 1.96. The van der Waals surface area contributed by atoms with Crippen LogP contribution < -0.4 is 11.5 Å². The number of hydrogen-bond donors (Lipinski definition) is 3. The summed E-state index contributed by atoms with van der Waals surface area (Å²) < 4.78 is 0. The summed E-state index contributed by atoms with van der Waals surface area (Å²) >= 11 is 0. The Labute approximate surface area is 66.6 Å². The van der Waals surface area contributed by atoms with Gasteiger partial charge in [0.15, 0.2) is 0 Å². The molecule has 4 heteroatoms. The highest BCUT2D eigenvalue weighted by Crippen LogP contribution is 2.08. The lowest BCUT2D eigenvalue weighted by molar-refractivity contribution is -0.127. The quantitative estimate of drug-likeness (QED) is 0.503. The first-order valence-electron chi connectivity index (χ1n) is 3.73. The molecule has 0 aromatic rings. The van der Waals surface area contributed by atoms with Gasteiger partial charge in [0, 0.05) is 6.04 Å². The number of carbonyl (C=O) groups is 1. The van der Waals surface area contributed by atoms with E-state index in [9.17, 15) is 4.79 Å². The number of primary amides is 1. The van der Waals surface area contributed by atoms with Crippen molar-refractivity contribution in [3.63, 3.8) is 0 Å². The molecule has 0 spiro atoms. The third kappa shape index (κ3) is 2.86. The molecule has 0 saturated carbocycles. The van der Waals surface area contributed by atoms with Crippen LogP contribution in [0.15, 0.2) is 0 Å². The van der Waals surface area contributed by atoms with Crippen LogP contribution in [-0.2, 0) is 4.79 Å². The zero-order chi connectivity index (χ0) is 9.02. The van der Waals surface area contributed by atoms with Gasteiger partial charge in [0.05, 0.1) is 0 Å². The number of rotatable bonds is 4. The predicted molar refractivity (Wildman–Crippen MR) is 42.6 cm³/mol. The summed E-state index contributed by atoms with van der Waals surface area (Å²) in [6, 6.07) is -0.544. The van der Waals surface area contributed by atoms with Gasteiger partial charge >= 0.3 is 0 Å². The Hall–Kier alpha value is -0.610. The second-order valence-electron chi connectivity index (χ2n) is 2.81. The highest BCUT2D eigenvalue weighted by atomic mass is 16.3. The number of aliphatic hydroxyl groups excluding tert-OH is 1. The van der Waals surface area contributed by atoms with Crippen LogP contribution in [0.3, 0.4) is 0 Å². The van der Waals surface area contributed by atoms with Gasteiger partial charge in [0.2, 0.25) is 5.91 Å². The van der Waals surface area contributed by atoms with E-state index in [-0.39, 0.29) is 5.92 Å². The predicted octanol–water partition coefficient (Wildman–Crippen LogP) is -0.794. The van der Waals surface area contributed by atoms with E-state index in [0.717, 1.165) is 6.42 Å². The lowest BCUT2D eigenvalue weighted by Gasteiger charge is -2.21. The Kier molecular flexibility index (Phi) is 4.07. The molecule has 5 N–H and O–H groups in total. The summed E-state index contributed by atoms with van der Waals surface area (Å²) in [5, 5.41) is 9.10. The van der Waals surface area contributed by atoms with E-state index in [4.69, 9.17) is 16.6 Å². The van der Waals surface area contributed by atoms with Crippen molar-refractivity contribution < 1.29 is 9.90 Å². The van der Waals surface area contributed by atoms with Crippen molar-refractivity contribution in [2.24, 2.45) is 17.4 Å². The molecule has 0 radical (unpaired) electrons. The summed E-state index contributed by atoms with van der Waals surface area (Å²) in [6.45, 7) is 3.81. The fourth-order valence-electron chi connectivity index (χ4n) is 0.773. The van der Waals surface area contributed by atoms with Gasteiger partial charge in [-0.3, -0.25) is 4.79 Å². The first-order chi connectivity index (χ1) is 5.00. The molecule has 0 heterocycles. The summed E-state index contributed by atoms with van der Waals surface area (Å²) in [5.74, 6) is -0.643. The molecule has 0 aromatic heterocycles. The van der Waals surface area contributed by atoms with Crippen LogP contribution in [0.4, 0.5) is 0 Å². The molecule has 0 fully saturated rings. The van der Waals surface area contributed by atoms with Gasteiger partial charge < -0.3 is 16.6 Å². The Bertz CT molecular complexity index is 138. The van der Waals surface area contributed by atoms with Gasteiger partial charge in [-0.25, -0.2) is 0 Å². The fourth-order valence-corrected chi connectivity index (χ4v) is 0.773. The van der Waals surface area contributed by atoms with Crippen LogP contribution in [0.5, 0.6) is 0 Å². The number of nitrogens with two attached hydrogens (primary N) is 2. The first kappa shape index (κ1) is 10.4. The largest absolute Gasteiger partial charge is 0.382 e. The molecule has 0 rings (SSSR count). The van der Waals surface area contributed by atoms with Crippen molar-refractivity contribution in [3.8, 4) is 0 Å². The van der Waals surface area contributed by atoms with Crippen LogP contribution in [-0.4, -0.2) is 23.2 Å². The van der Waals surface area contributed by atoms with E-state index in [2.05, 4.69) is 0 Å². The number of carbonyl (C=O) groups excluding carboxylic acids is 1. The SMILES string of the molecule is CCC(C)C(N)C(O)C(N)=O. The Morgan fingerprint density at radius 3 is 2.36 bits per heavy atom. The van der Waals surface area contributed by atoms with Gasteiger partial charge in [-0.1, -0.05) is 20.3 Å². The van der Waals surface area contributed by atoms with Crippen LogP contribution in [0.25, 0.3) is 0 Å². The lowest BCUT2D eigenvalue weighted by atomic mass is 9.95. The molecule has 0 saturated heterocycles. The van der Waals surface area contributed by atoms with Gasteiger partial charge in [0.25, 0.3) is 0 Å². The minimum atomic E-state index is -1.22. The molecular formula is C7H16N2O2. The van der Waals surface area contributed by atoms with Crippen LogP contribution in [0, 0.1) is 5.92 Å². The van der Waals surface area contributed by atoms with Gasteiger partial charge in [-0.05, 0) is 5.92 Å². The van der Waals surface area contributed by atoms with Gasteiger partial charge in [-0.15, -0.1) is 0 Å². The maximum absolute atomic E-state index is 10.5. The van der Waals surface area contributed by atoms with E-state index >= 15 is 0 Å². The average Bonchev–Trinajstić information content (AvgIpc) is 2.00. The maximum Gasteiger partial charge on any atom is 0.247 e. The van der Waals surface area contributed by atoms with E-state index in [1.165, 1.54) is 0 Å². The molecule has 11 heavy (non-hydrogen) atoms. The smallest absolute Gasteiger partial charge is 0.247 e. The van der Waals surface area contributed by atoms with Crippen molar-refractivity contribution in [2.75, 3.05) is 0 Å². The van der Waals surface area contributed by atoms with Crippen molar-refractivity contribution in [1.82, 2.24) is 0 Å². The van der Waals surface area contributed by atoms with E-state index < -0.39 is 18.1 Å². The summed E-state index contributed by atoms with van der Waals surface area (Å²) in [4.78, 5) is 10.5. The fraction of sp³-hybridized carbons (Fsp3) is 0.857. The summed E-state index contributed by atoms with van der Waals surface area (Å²) in [6.07, 6.45) is -0.393. The standard InChI is InChI=1S/C7H16N2O2/c1-3-4(2)5(8)6(10)7(9)11/h4-6,10H,3,8H2,1-2H3,(H2,9,11). The van der Waals surface area contributed by atoms with Crippen LogP contribution in [0.2, 0.25) is 0 Å². The van der Waals surface area contributed by atoms with Crippen molar-refractivity contribution in [2.45, 2.75) is 32.4 Å². The van der Waals surface area contributed by atoms with E-state index in [1.807, 2.05) is 13.8 Å². The third-order valence-corrected chi connectivity index (χ3v) is 1.96. The molecule has 3 unspecified atom stereocenters. The molecule has 0 aliphatic carbocycles. The number of aliphatic hydroxyl groups is 1. The average molecular weight is 160 g/mol. The molecule has 1 amide bonds. The number of amides is 1. The van der Waals surface area contributed by atoms with E-state index in [1.54, 1.807) is 0 Å². The van der Waals surface area contributed by atoms with Crippen molar-refractivity contribution in [3.05, 3.63) is 0 Å². The Morgan fingerprint density at radius 2 is 2.09 bits per heavy atom. The van der Waals surface area contributed by atoms with Crippen molar-refractivity contribution >= 4 is 5.91 Å².